The fourth-order valence-electron chi connectivity index (χ4n) is 4.48. The Morgan fingerprint density at radius 3 is 2.67 bits per heavy atom. The first-order valence-electron chi connectivity index (χ1n) is 9.72. The van der Waals surface area contributed by atoms with Crippen LogP contribution in [0.2, 0.25) is 0 Å². The third kappa shape index (κ3) is 2.88. The van der Waals surface area contributed by atoms with Crippen LogP contribution < -0.4 is 5.56 Å². The molecule has 4 heterocycles. The number of hydrogen-bond acceptors (Lipinski definition) is 4. The summed E-state index contributed by atoms with van der Waals surface area (Å²) in [6.07, 6.45) is 4.94. The minimum atomic E-state index is -0.180. The maximum Gasteiger partial charge on any atom is 0.291 e. The SMILES string of the molecule is CCn1c2cc(C)sc2c2cnn(CC(=O)N3[C@H](C)CCC[C@@H]3C)c(=O)c21. The summed E-state index contributed by atoms with van der Waals surface area (Å²) in [5, 5.41) is 5.24. The van der Waals surface area contributed by atoms with Crippen LogP contribution in [0.5, 0.6) is 0 Å². The molecule has 7 heteroatoms. The number of carbonyl (C=O) groups excluding carboxylic acids is 1. The van der Waals surface area contributed by atoms with E-state index in [1.165, 1.54) is 9.56 Å². The van der Waals surface area contributed by atoms with Gasteiger partial charge in [0.25, 0.3) is 5.56 Å². The predicted molar refractivity (Wildman–Crippen MR) is 109 cm³/mol. The summed E-state index contributed by atoms with van der Waals surface area (Å²) in [7, 11) is 0. The third-order valence-electron chi connectivity index (χ3n) is 5.74. The Hall–Kier alpha value is -2.15. The molecule has 1 saturated heterocycles. The Morgan fingerprint density at radius 2 is 2.00 bits per heavy atom. The zero-order valence-electron chi connectivity index (χ0n) is 16.4. The van der Waals surface area contributed by atoms with Gasteiger partial charge in [-0.25, -0.2) is 4.68 Å². The number of likely N-dealkylation sites (tertiary alicyclic amines) is 1. The van der Waals surface area contributed by atoms with Crippen molar-refractivity contribution in [1.82, 2.24) is 19.2 Å². The van der Waals surface area contributed by atoms with Gasteiger partial charge in [0.1, 0.15) is 12.1 Å². The molecule has 27 heavy (non-hydrogen) atoms. The second-order valence-electron chi connectivity index (χ2n) is 7.62. The Labute approximate surface area is 162 Å². The largest absolute Gasteiger partial charge is 0.336 e. The molecule has 0 N–H and O–H groups in total. The van der Waals surface area contributed by atoms with Crippen molar-refractivity contribution in [3.8, 4) is 0 Å². The smallest absolute Gasteiger partial charge is 0.291 e. The Balaban J connectivity index is 1.76. The number of carbonyl (C=O) groups is 1. The molecule has 0 unspecified atom stereocenters. The van der Waals surface area contributed by atoms with E-state index < -0.39 is 0 Å². The summed E-state index contributed by atoms with van der Waals surface area (Å²) in [6, 6.07) is 2.55. The van der Waals surface area contributed by atoms with Crippen molar-refractivity contribution in [2.45, 2.75) is 72.1 Å². The topological polar surface area (TPSA) is 60.1 Å². The van der Waals surface area contributed by atoms with Crippen LogP contribution in [0.25, 0.3) is 21.1 Å². The van der Waals surface area contributed by atoms with Gasteiger partial charge < -0.3 is 9.47 Å². The summed E-state index contributed by atoms with van der Waals surface area (Å²) < 4.78 is 4.48. The Kier molecular flexibility index (Phi) is 4.58. The molecule has 0 spiro atoms. The van der Waals surface area contributed by atoms with Crippen LogP contribution in [0.15, 0.2) is 17.1 Å². The zero-order chi connectivity index (χ0) is 19.3. The molecular formula is C20H26N4O2S. The number of nitrogens with zero attached hydrogens (tertiary/aromatic N) is 4. The van der Waals surface area contributed by atoms with Crippen LogP contribution in [0, 0.1) is 6.92 Å². The van der Waals surface area contributed by atoms with Gasteiger partial charge in [-0.05, 0) is 53.0 Å². The first-order chi connectivity index (χ1) is 12.9. The van der Waals surface area contributed by atoms with Gasteiger partial charge >= 0.3 is 0 Å². The second-order valence-corrected chi connectivity index (χ2v) is 8.87. The molecule has 0 aliphatic carbocycles. The lowest BCUT2D eigenvalue weighted by Gasteiger charge is -2.39. The molecular weight excluding hydrogens is 360 g/mol. The van der Waals surface area contributed by atoms with Gasteiger partial charge in [-0.15, -0.1) is 11.3 Å². The van der Waals surface area contributed by atoms with E-state index in [4.69, 9.17) is 0 Å². The second kappa shape index (κ2) is 6.78. The molecule has 3 aromatic rings. The number of piperidine rings is 1. The first kappa shape index (κ1) is 18.2. The fourth-order valence-corrected chi connectivity index (χ4v) is 5.51. The highest BCUT2D eigenvalue weighted by Gasteiger charge is 2.29. The lowest BCUT2D eigenvalue weighted by atomic mass is 9.97. The summed E-state index contributed by atoms with van der Waals surface area (Å²) in [5.74, 6) is -0.0177. The number of aromatic nitrogens is 3. The highest BCUT2D eigenvalue weighted by Crippen LogP contribution is 2.33. The molecule has 0 bridgehead atoms. The van der Waals surface area contributed by atoms with Crippen molar-refractivity contribution in [3.05, 3.63) is 27.5 Å². The van der Waals surface area contributed by atoms with E-state index in [1.807, 2.05) is 16.4 Å². The minimum Gasteiger partial charge on any atom is -0.336 e. The van der Waals surface area contributed by atoms with Crippen LogP contribution in [0.3, 0.4) is 0 Å². The van der Waals surface area contributed by atoms with Gasteiger partial charge in [-0.3, -0.25) is 9.59 Å². The van der Waals surface area contributed by atoms with Gasteiger partial charge in [0.2, 0.25) is 5.91 Å². The molecule has 0 saturated carbocycles. The van der Waals surface area contributed by atoms with Crippen LogP contribution in [-0.4, -0.2) is 37.2 Å². The molecule has 144 valence electrons. The lowest BCUT2D eigenvalue weighted by molar-refractivity contribution is -0.138. The van der Waals surface area contributed by atoms with Crippen LogP contribution in [0.4, 0.5) is 0 Å². The number of fused-ring (bicyclic) bond motifs is 3. The summed E-state index contributed by atoms with van der Waals surface area (Å²) in [5.41, 5.74) is 1.55. The molecule has 1 fully saturated rings. The van der Waals surface area contributed by atoms with E-state index in [0.717, 1.165) is 34.9 Å². The number of hydrogen-bond donors (Lipinski definition) is 0. The van der Waals surface area contributed by atoms with Crippen LogP contribution in [0.1, 0.15) is 44.9 Å². The minimum absolute atomic E-state index is 0.00498. The van der Waals surface area contributed by atoms with E-state index in [9.17, 15) is 9.59 Å². The van der Waals surface area contributed by atoms with Gasteiger partial charge in [0.15, 0.2) is 0 Å². The average Bonchev–Trinajstić information content (AvgIpc) is 3.12. The number of rotatable bonds is 3. The van der Waals surface area contributed by atoms with Gasteiger partial charge in [0, 0.05) is 28.9 Å². The van der Waals surface area contributed by atoms with Crippen LogP contribution in [-0.2, 0) is 17.9 Å². The molecule has 6 nitrogen and oxygen atoms in total. The quantitative estimate of drug-likeness (QED) is 0.692. The average molecular weight is 387 g/mol. The summed E-state index contributed by atoms with van der Waals surface area (Å²) >= 11 is 1.69. The maximum atomic E-state index is 13.2. The maximum absolute atomic E-state index is 13.2. The fraction of sp³-hybridized carbons (Fsp3) is 0.550. The Morgan fingerprint density at radius 1 is 1.30 bits per heavy atom. The molecule has 0 aromatic carbocycles. The molecule has 1 aliphatic heterocycles. The summed E-state index contributed by atoms with van der Waals surface area (Å²) in [4.78, 5) is 29.2. The highest BCUT2D eigenvalue weighted by atomic mass is 32.1. The number of aryl methyl sites for hydroxylation is 2. The zero-order valence-corrected chi connectivity index (χ0v) is 17.2. The molecule has 3 aromatic heterocycles. The van der Waals surface area contributed by atoms with Crippen molar-refractivity contribution in [2.24, 2.45) is 0 Å². The molecule has 1 amide bonds. The Bertz CT molecular complexity index is 1070. The van der Waals surface area contributed by atoms with E-state index in [1.54, 1.807) is 17.5 Å². The van der Waals surface area contributed by atoms with Crippen molar-refractivity contribution in [2.75, 3.05) is 0 Å². The number of thiophene rings is 1. The van der Waals surface area contributed by atoms with Crippen molar-refractivity contribution >= 4 is 38.4 Å². The van der Waals surface area contributed by atoms with Crippen molar-refractivity contribution < 1.29 is 4.79 Å². The van der Waals surface area contributed by atoms with E-state index in [-0.39, 0.29) is 30.1 Å². The molecule has 0 radical (unpaired) electrons. The molecule has 2 atom stereocenters. The lowest BCUT2D eigenvalue weighted by Crippen LogP contribution is -2.49. The molecule has 4 rings (SSSR count). The van der Waals surface area contributed by atoms with Gasteiger partial charge in [0.05, 0.1) is 16.4 Å². The van der Waals surface area contributed by atoms with Crippen LogP contribution >= 0.6 is 11.3 Å². The van der Waals surface area contributed by atoms with Gasteiger partial charge in [-0.2, -0.15) is 5.10 Å². The monoisotopic (exact) mass is 386 g/mol. The highest BCUT2D eigenvalue weighted by molar-refractivity contribution is 7.20. The van der Waals surface area contributed by atoms with E-state index in [0.29, 0.717) is 12.1 Å². The summed E-state index contributed by atoms with van der Waals surface area (Å²) in [6.45, 7) is 9.01. The van der Waals surface area contributed by atoms with E-state index in [2.05, 4.69) is 31.9 Å². The van der Waals surface area contributed by atoms with E-state index >= 15 is 0 Å². The number of amides is 1. The van der Waals surface area contributed by atoms with Crippen molar-refractivity contribution in [3.63, 3.8) is 0 Å². The third-order valence-corrected chi connectivity index (χ3v) is 6.82. The first-order valence-corrected chi connectivity index (χ1v) is 10.5. The standard InChI is InChI=1S/C20H26N4O2S/c1-5-22-16-9-14(4)27-19(16)15-10-21-23(20(26)18(15)22)11-17(25)24-12(2)7-6-8-13(24)3/h9-10,12-13H,5-8,11H2,1-4H3/t12-,13+. The molecule has 1 aliphatic rings. The predicted octanol–water partition coefficient (Wildman–Crippen LogP) is 3.53. The normalized spacial score (nSPS) is 20.7. The van der Waals surface area contributed by atoms with Gasteiger partial charge in [-0.1, -0.05) is 0 Å². The van der Waals surface area contributed by atoms with Crippen molar-refractivity contribution in [1.29, 1.82) is 0 Å².